The molecule has 14 heavy (non-hydrogen) atoms. The first kappa shape index (κ1) is 13.9. The van der Waals surface area contributed by atoms with E-state index in [2.05, 4.69) is 26.1 Å². The largest absolute Gasteiger partial charge is 0.390 e. The van der Waals surface area contributed by atoms with E-state index in [0.717, 1.165) is 18.9 Å². The van der Waals surface area contributed by atoms with E-state index >= 15 is 0 Å². The van der Waals surface area contributed by atoms with E-state index in [0.29, 0.717) is 6.04 Å². The van der Waals surface area contributed by atoms with E-state index in [1.807, 2.05) is 13.8 Å². The predicted molar refractivity (Wildman–Crippen MR) is 62.5 cm³/mol. The first-order valence-electron chi connectivity index (χ1n) is 5.81. The quantitative estimate of drug-likeness (QED) is 0.663. The summed E-state index contributed by atoms with van der Waals surface area (Å²) in [6.45, 7) is 11.3. The molecule has 2 unspecified atom stereocenters. The summed E-state index contributed by atoms with van der Waals surface area (Å²) >= 11 is 0. The van der Waals surface area contributed by atoms with Gasteiger partial charge in [-0.15, -0.1) is 0 Å². The van der Waals surface area contributed by atoms with E-state index in [4.69, 9.17) is 0 Å². The van der Waals surface area contributed by atoms with Gasteiger partial charge in [0.05, 0.1) is 5.60 Å². The molecule has 0 saturated carbocycles. The van der Waals surface area contributed by atoms with Crippen LogP contribution < -0.4 is 5.32 Å². The molecule has 0 saturated heterocycles. The van der Waals surface area contributed by atoms with Crippen LogP contribution in [0, 0.1) is 5.92 Å². The smallest absolute Gasteiger partial charge is 0.0603 e. The van der Waals surface area contributed by atoms with Gasteiger partial charge in [0.2, 0.25) is 0 Å². The SMILES string of the molecule is CCC(C)CC(C)NCCC(C)(C)O. The van der Waals surface area contributed by atoms with Crippen LogP contribution in [0.25, 0.3) is 0 Å². The fourth-order valence-corrected chi connectivity index (χ4v) is 1.48. The lowest BCUT2D eigenvalue weighted by Crippen LogP contribution is -2.33. The van der Waals surface area contributed by atoms with Crippen molar-refractivity contribution < 1.29 is 5.11 Å². The van der Waals surface area contributed by atoms with Crippen LogP contribution in [0.1, 0.15) is 53.9 Å². The monoisotopic (exact) mass is 201 g/mol. The minimum absolute atomic E-state index is 0.539. The van der Waals surface area contributed by atoms with Gasteiger partial charge in [-0.05, 0) is 46.1 Å². The van der Waals surface area contributed by atoms with Crippen molar-refractivity contribution in [2.24, 2.45) is 5.92 Å². The molecule has 0 heterocycles. The minimum atomic E-state index is -0.539. The number of hydrogen-bond donors (Lipinski definition) is 2. The molecule has 0 bridgehead atoms. The molecule has 0 amide bonds. The molecule has 2 atom stereocenters. The van der Waals surface area contributed by atoms with Gasteiger partial charge in [-0.25, -0.2) is 0 Å². The van der Waals surface area contributed by atoms with Gasteiger partial charge in [-0.2, -0.15) is 0 Å². The summed E-state index contributed by atoms with van der Waals surface area (Å²) in [6, 6.07) is 0.562. The normalized spacial score (nSPS) is 16.7. The maximum absolute atomic E-state index is 9.52. The van der Waals surface area contributed by atoms with Gasteiger partial charge in [-0.3, -0.25) is 0 Å². The van der Waals surface area contributed by atoms with Crippen molar-refractivity contribution in [3.05, 3.63) is 0 Å². The van der Waals surface area contributed by atoms with Gasteiger partial charge in [0, 0.05) is 6.04 Å². The fraction of sp³-hybridized carbons (Fsp3) is 1.00. The summed E-state index contributed by atoms with van der Waals surface area (Å²) in [5.41, 5.74) is -0.539. The van der Waals surface area contributed by atoms with Crippen molar-refractivity contribution in [3.8, 4) is 0 Å². The van der Waals surface area contributed by atoms with Crippen LogP contribution in [-0.2, 0) is 0 Å². The average Bonchev–Trinajstić information content (AvgIpc) is 2.01. The van der Waals surface area contributed by atoms with Crippen molar-refractivity contribution in [1.29, 1.82) is 0 Å². The molecule has 2 heteroatoms. The Labute approximate surface area is 89.1 Å². The Morgan fingerprint density at radius 1 is 1.29 bits per heavy atom. The molecular formula is C12H27NO. The highest BCUT2D eigenvalue weighted by atomic mass is 16.3. The average molecular weight is 201 g/mol. The molecule has 0 fully saturated rings. The topological polar surface area (TPSA) is 32.3 Å². The zero-order chi connectivity index (χ0) is 11.2. The van der Waals surface area contributed by atoms with Crippen LogP contribution in [0.2, 0.25) is 0 Å². The van der Waals surface area contributed by atoms with E-state index in [1.54, 1.807) is 0 Å². The summed E-state index contributed by atoms with van der Waals surface area (Å²) in [6.07, 6.45) is 3.29. The standard InChI is InChI=1S/C12H27NO/c1-6-10(2)9-11(3)13-8-7-12(4,5)14/h10-11,13-14H,6-9H2,1-5H3. The van der Waals surface area contributed by atoms with Gasteiger partial charge in [-0.1, -0.05) is 20.3 Å². The van der Waals surface area contributed by atoms with Gasteiger partial charge >= 0.3 is 0 Å². The second-order valence-corrected chi connectivity index (χ2v) is 5.17. The number of nitrogens with one attached hydrogen (secondary N) is 1. The summed E-state index contributed by atoms with van der Waals surface area (Å²) in [7, 11) is 0. The maximum atomic E-state index is 9.52. The third-order valence-electron chi connectivity index (χ3n) is 2.68. The van der Waals surface area contributed by atoms with Crippen LogP contribution in [0.15, 0.2) is 0 Å². The Balaban J connectivity index is 3.49. The summed E-state index contributed by atoms with van der Waals surface area (Å²) in [4.78, 5) is 0. The molecule has 86 valence electrons. The Morgan fingerprint density at radius 2 is 1.86 bits per heavy atom. The first-order chi connectivity index (χ1) is 6.35. The highest BCUT2D eigenvalue weighted by Crippen LogP contribution is 2.10. The zero-order valence-corrected chi connectivity index (χ0v) is 10.4. The highest BCUT2D eigenvalue weighted by molar-refractivity contribution is 4.70. The van der Waals surface area contributed by atoms with Crippen LogP contribution in [0.3, 0.4) is 0 Å². The second-order valence-electron chi connectivity index (χ2n) is 5.17. The molecule has 0 aromatic heterocycles. The van der Waals surface area contributed by atoms with Gasteiger partial charge in [0.1, 0.15) is 0 Å². The number of rotatable bonds is 7. The lowest BCUT2D eigenvalue weighted by Gasteiger charge is -2.21. The van der Waals surface area contributed by atoms with Gasteiger partial charge in [0.25, 0.3) is 0 Å². The van der Waals surface area contributed by atoms with E-state index in [9.17, 15) is 5.11 Å². The molecule has 2 N–H and O–H groups in total. The zero-order valence-electron chi connectivity index (χ0n) is 10.4. The van der Waals surface area contributed by atoms with Crippen molar-refractivity contribution in [1.82, 2.24) is 5.32 Å². The second kappa shape index (κ2) is 6.41. The third kappa shape index (κ3) is 8.52. The molecular weight excluding hydrogens is 174 g/mol. The Bertz CT molecular complexity index is 140. The predicted octanol–water partition coefficient (Wildman–Crippen LogP) is 2.56. The van der Waals surface area contributed by atoms with Crippen molar-refractivity contribution in [2.75, 3.05) is 6.54 Å². The van der Waals surface area contributed by atoms with Gasteiger partial charge in [0.15, 0.2) is 0 Å². The van der Waals surface area contributed by atoms with E-state index in [-0.39, 0.29) is 0 Å². The highest BCUT2D eigenvalue weighted by Gasteiger charge is 2.12. The fourth-order valence-electron chi connectivity index (χ4n) is 1.48. The molecule has 0 rings (SSSR count). The van der Waals surface area contributed by atoms with Crippen molar-refractivity contribution in [3.63, 3.8) is 0 Å². The molecule has 0 aliphatic carbocycles. The molecule has 0 spiro atoms. The van der Waals surface area contributed by atoms with Crippen molar-refractivity contribution in [2.45, 2.75) is 65.5 Å². The summed E-state index contributed by atoms with van der Waals surface area (Å²) < 4.78 is 0. The van der Waals surface area contributed by atoms with Crippen LogP contribution in [-0.4, -0.2) is 23.3 Å². The molecule has 0 aliphatic heterocycles. The lowest BCUT2D eigenvalue weighted by molar-refractivity contribution is 0.0703. The van der Waals surface area contributed by atoms with E-state index < -0.39 is 5.60 Å². The number of hydrogen-bond acceptors (Lipinski definition) is 2. The van der Waals surface area contributed by atoms with Crippen LogP contribution >= 0.6 is 0 Å². The lowest BCUT2D eigenvalue weighted by atomic mass is 10.00. The molecule has 2 nitrogen and oxygen atoms in total. The summed E-state index contributed by atoms with van der Waals surface area (Å²) in [5.74, 6) is 0.791. The van der Waals surface area contributed by atoms with E-state index in [1.165, 1.54) is 12.8 Å². The molecule has 0 aromatic carbocycles. The summed E-state index contributed by atoms with van der Waals surface area (Å²) in [5, 5.41) is 13.0. The van der Waals surface area contributed by atoms with Gasteiger partial charge < -0.3 is 10.4 Å². The van der Waals surface area contributed by atoms with Crippen LogP contribution in [0.5, 0.6) is 0 Å². The van der Waals surface area contributed by atoms with Crippen molar-refractivity contribution >= 4 is 0 Å². The molecule has 0 aromatic rings. The maximum Gasteiger partial charge on any atom is 0.0603 e. The minimum Gasteiger partial charge on any atom is -0.390 e. The Morgan fingerprint density at radius 3 is 2.29 bits per heavy atom. The Kier molecular flexibility index (Phi) is 6.38. The third-order valence-corrected chi connectivity index (χ3v) is 2.68. The molecule has 0 radical (unpaired) electrons. The Hall–Kier alpha value is -0.0800. The van der Waals surface area contributed by atoms with Crippen LogP contribution in [0.4, 0.5) is 0 Å². The first-order valence-corrected chi connectivity index (χ1v) is 5.81. The number of aliphatic hydroxyl groups is 1. The molecule has 0 aliphatic rings.